The summed E-state index contributed by atoms with van der Waals surface area (Å²) in [6.07, 6.45) is 2.10. The minimum atomic E-state index is -0.169. The van der Waals surface area contributed by atoms with Crippen molar-refractivity contribution < 1.29 is 14.3 Å². The molecule has 6 nitrogen and oxygen atoms in total. The lowest BCUT2D eigenvalue weighted by atomic mass is 10.1. The third kappa shape index (κ3) is 6.48. The molecular formula is C25H33N3O3. The Hall–Kier alpha value is -3.02. The summed E-state index contributed by atoms with van der Waals surface area (Å²) in [5.41, 5.74) is 3.36. The van der Waals surface area contributed by atoms with Crippen LogP contribution < -0.4 is 10.1 Å². The molecule has 3 amide bonds. The lowest BCUT2D eigenvalue weighted by Gasteiger charge is -2.33. The Labute approximate surface area is 185 Å². The van der Waals surface area contributed by atoms with Gasteiger partial charge in [0.2, 0.25) is 5.91 Å². The molecule has 1 aliphatic rings. The summed E-state index contributed by atoms with van der Waals surface area (Å²) in [7, 11) is 1.76. The van der Waals surface area contributed by atoms with E-state index in [1.54, 1.807) is 11.9 Å². The molecule has 1 heterocycles. The van der Waals surface area contributed by atoms with E-state index in [1.807, 2.05) is 41.3 Å². The molecule has 3 rings (SSSR count). The number of piperidine rings is 1. The molecule has 0 unspecified atom stereocenters. The van der Waals surface area contributed by atoms with E-state index < -0.39 is 0 Å². The number of ether oxygens (including phenoxy) is 1. The summed E-state index contributed by atoms with van der Waals surface area (Å²) in [5.74, 6) is 1.05. The summed E-state index contributed by atoms with van der Waals surface area (Å²) in [4.78, 5) is 28.3. The maximum Gasteiger partial charge on any atom is 0.317 e. The number of carbonyl (C=O) groups is 2. The van der Waals surface area contributed by atoms with E-state index in [1.165, 1.54) is 0 Å². The van der Waals surface area contributed by atoms with Crippen molar-refractivity contribution in [3.8, 4) is 5.75 Å². The highest BCUT2D eigenvalue weighted by molar-refractivity contribution is 5.78. The highest BCUT2D eigenvalue weighted by Gasteiger charge is 2.24. The highest BCUT2D eigenvalue weighted by atomic mass is 16.5. The van der Waals surface area contributed by atoms with Crippen LogP contribution in [0.3, 0.4) is 0 Å². The fourth-order valence-corrected chi connectivity index (χ4v) is 3.87. The largest absolute Gasteiger partial charge is 0.490 e. The number of urea groups is 1. The average Bonchev–Trinajstić information content (AvgIpc) is 2.77. The van der Waals surface area contributed by atoms with Gasteiger partial charge in [0.05, 0.1) is 0 Å². The molecule has 1 fully saturated rings. The van der Waals surface area contributed by atoms with E-state index in [4.69, 9.17) is 4.74 Å². The average molecular weight is 424 g/mol. The number of hydrogen-bond acceptors (Lipinski definition) is 3. The Bertz CT molecular complexity index is 857. The molecule has 0 spiro atoms. The number of nitrogens with one attached hydrogen (secondary N) is 1. The minimum Gasteiger partial charge on any atom is -0.490 e. The molecule has 2 aromatic rings. The Kier molecular flexibility index (Phi) is 7.93. The van der Waals surface area contributed by atoms with Gasteiger partial charge in [0, 0.05) is 52.5 Å². The van der Waals surface area contributed by atoms with E-state index in [9.17, 15) is 9.59 Å². The summed E-state index contributed by atoms with van der Waals surface area (Å²) in [6, 6.07) is 15.8. The topological polar surface area (TPSA) is 61.9 Å². The van der Waals surface area contributed by atoms with Gasteiger partial charge < -0.3 is 19.9 Å². The van der Waals surface area contributed by atoms with Crippen molar-refractivity contribution in [3.63, 3.8) is 0 Å². The number of rotatable bonds is 7. The predicted molar refractivity (Wildman–Crippen MR) is 122 cm³/mol. The first-order valence-corrected chi connectivity index (χ1v) is 11.0. The Morgan fingerprint density at radius 1 is 1.03 bits per heavy atom. The van der Waals surface area contributed by atoms with Crippen LogP contribution in [0, 0.1) is 13.8 Å². The first-order valence-electron chi connectivity index (χ1n) is 11.0. The zero-order chi connectivity index (χ0) is 22.2. The van der Waals surface area contributed by atoms with Crippen molar-refractivity contribution in [1.29, 1.82) is 0 Å². The second kappa shape index (κ2) is 10.8. The van der Waals surface area contributed by atoms with Crippen LogP contribution in [0.25, 0.3) is 0 Å². The first-order chi connectivity index (χ1) is 14.9. The molecule has 0 radical (unpaired) electrons. The molecular weight excluding hydrogens is 390 g/mol. The van der Waals surface area contributed by atoms with Gasteiger partial charge in [0.25, 0.3) is 0 Å². The normalized spacial score (nSPS) is 14.2. The fourth-order valence-electron chi connectivity index (χ4n) is 3.87. The Balaban J connectivity index is 1.36. The molecule has 0 atom stereocenters. The lowest BCUT2D eigenvalue weighted by Crippen LogP contribution is -2.43. The number of benzene rings is 2. The van der Waals surface area contributed by atoms with E-state index >= 15 is 0 Å². The zero-order valence-corrected chi connectivity index (χ0v) is 18.8. The molecule has 2 aromatic carbocycles. The van der Waals surface area contributed by atoms with E-state index in [0.29, 0.717) is 32.6 Å². The second-order valence-electron chi connectivity index (χ2n) is 8.24. The summed E-state index contributed by atoms with van der Waals surface area (Å²) in [5, 5.41) is 2.84. The molecule has 1 aliphatic heterocycles. The van der Waals surface area contributed by atoms with Crippen LogP contribution in [0.5, 0.6) is 5.75 Å². The first kappa shape index (κ1) is 22.7. The van der Waals surface area contributed by atoms with Crippen LogP contribution in [0.1, 0.15) is 36.0 Å². The highest BCUT2D eigenvalue weighted by Crippen LogP contribution is 2.26. The summed E-state index contributed by atoms with van der Waals surface area (Å²) >= 11 is 0. The van der Waals surface area contributed by atoms with Crippen LogP contribution in [0.15, 0.2) is 48.5 Å². The molecule has 0 saturated carbocycles. The van der Waals surface area contributed by atoms with Gasteiger partial charge in [-0.25, -0.2) is 4.79 Å². The Morgan fingerprint density at radius 3 is 2.32 bits per heavy atom. The van der Waals surface area contributed by atoms with Gasteiger partial charge in [-0.15, -0.1) is 0 Å². The van der Waals surface area contributed by atoms with Gasteiger partial charge in [-0.3, -0.25) is 4.79 Å². The molecule has 0 aliphatic carbocycles. The second-order valence-corrected chi connectivity index (χ2v) is 8.24. The number of hydrogen-bond donors (Lipinski definition) is 1. The van der Waals surface area contributed by atoms with E-state index in [-0.39, 0.29) is 18.0 Å². The third-order valence-corrected chi connectivity index (χ3v) is 5.71. The van der Waals surface area contributed by atoms with E-state index in [0.717, 1.165) is 35.3 Å². The van der Waals surface area contributed by atoms with Gasteiger partial charge in [0.15, 0.2) is 0 Å². The van der Waals surface area contributed by atoms with Crippen molar-refractivity contribution in [3.05, 3.63) is 65.2 Å². The van der Waals surface area contributed by atoms with E-state index in [2.05, 4.69) is 31.3 Å². The van der Waals surface area contributed by atoms with Crippen molar-refractivity contribution >= 4 is 11.9 Å². The van der Waals surface area contributed by atoms with Gasteiger partial charge >= 0.3 is 6.03 Å². The van der Waals surface area contributed by atoms with Crippen molar-refractivity contribution in [2.45, 2.75) is 45.8 Å². The van der Waals surface area contributed by atoms with Crippen LogP contribution >= 0.6 is 0 Å². The number of aryl methyl sites for hydroxylation is 2. The van der Waals surface area contributed by atoms with Crippen molar-refractivity contribution in [2.75, 3.05) is 26.7 Å². The number of amides is 3. The van der Waals surface area contributed by atoms with Crippen molar-refractivity contribution in [1.82, 2.24) is 15.1 Å². The van der Waals surface area contributed by atoms with Crippen molar-refractivity contribution in [2.24, 2.45) is 0 Å². The standard InChI is InChI=1S/C25H33N3O3/c1-19-8-7-9-20(2)24(19)31-22-13-16-28(17-14-22)23(29)12-15-26-25(30)27(3)18-21-10-5-4-6-11-21/h4-11,22H,12-18H2,1-3H3,(H,26,30). The summed E-state index contributed by atoms with van der Waals surface area (Å²) < 4.78 is 6.23. The van der Waals surface area contributed by atoms with Gasteiger partial charge in [-0.2, -0.15) is 0 Å². The van der Waals surface area contributed by atoms with Gasteiger partial charge in [0.1, 0.15) is 11.9 Å². The number of nitrogens with zero attached hydrogens (tertiary/aromatic N) is 2. The number of likely N-dealkylation sites (tertiary alicyclic amines) is 1. The lowest BCUT2D eigenvalue weighted by molar-refractivity contribution is -0.132. The molecule has 0 bridgehead atoms. The van der Waals surface area contributed by atoms with Crippen LogP contribution in [0.4, 0.5) is 4.79 Å². The Morgan fingerprint density at radius 2 is 1.68 bits per heavy atom. The maximum atomic E-state index is 12.5. The molecule has 166 valence electrons. The zero-order valence-electron chi connectivity index (χ0n) is 18.8. The third-order valence-electron chi connectivity index (χ3n) is 5.71. The maximum absolute atomic E-state index is 12.5. The van der Waals surface area contributed by atoms with Gasteiger partial charge in [-0.1, -0.05) is 48.5 Å². The quantitative estimate of drug-likeness (QED) is 0.735. The fraction of sp³-hybridized carbons (Fsp3) is 0.440. The predicted octanol–water partition coefficient (Wildman–Crippen LogP) is 3.90. The number of para-hydroxylation sites is 1. The van der Waals surface area contributed by atoms with Crippen LogP contribution in [-0.4, -0.2) is 54.5 Å². The monoisotopic (exact) mass is 423 g/mol. The molecule has 1 N–H and O–H groups in total. The van der Waals surface area contributed by atoms with Crippen LogP contribution in [0.2, 0.25) is 0 Å². The summed E-state index contributed by atoms with van der Waals surface area (Å²) in [6.45, 7) is 6.38. The van der Waals surface area contributed by atoms with Crippen LogP contribution in [-0.2, 0) is 11.3 Å². The molecule has 31 heavy (non-hydrogen) atoms. The molecule has 6 heteroatoms. The molecule has 0 aromatic heterocycles. The van der Waals surface area contributed by atoms with Gasteiger partial charge in [-0.05, 0) is 30.5 Å². The SMILES string of the molecule is Cc1cccc(C)c1OC1CCN(C(=O)CCNC(=O)N(C)Cc2ccccc2)CC1. The number of carbonyl (C=O) groups excluding carboxylic acids is 2. The minimum absolute atomic E-state index is 0.0801. The smallest absolute Gasteiger partial charge is 0.317 e. The molecule has 1 saturated heterocycles.